The Labute approximate surface area is 142 Å². The van der Waals surface area contributed by atoms with Crippen molar-refractivity contribution in [2.75, 3.05) is 24.3 Å². The first-order valence-electron chi connectivity index (χ1n) is 6.63. The number of nitrogens with one attached hydrogen (secondary N) is 2. The van der Waals surface area contributed by atoms with E-state index in [0.717, 1.165) is 21.4 Å². The molecule has 22 heavy (non-hydrogen) atoms. The molecule has 0 aliphatic rings. The smallest absolute Gasteiger partial charge is 0.243 e. The first-order chi connectivity index (χ1) is 10.5. The lowest BCUT2D eigenvalue weighted by Gasteiger charge is -2.11. The van der Waals surface area contributed by atoms with E-state index in [0.29, 0.717) is 10.8 Å². The predicted molar refractivity (Wildman–Crippen MR) is 94.0 cm³/mol. The molecule has 0 radical (unpaired) electrons. The lowest BCUT2D eigenvalue weighted by atomic mass is 10.2. The fourth-order valence-electron chi connectivity index (χ4n) is 1.87. The van der Waals surface area contributed by atoms with E-state index in [9.17, 15) is 4.79 Å². The van der Waals surface area contributed by atoms with Crippen molar-refractivity contribution >= 4 is 44.8 Å². The summed E-state index contributed by atoms with van der Waals surface area (Å²) in [5, 5.41) is 6.35. The number of carbonyl (C=O) groups excluding carboxylic acids is 1. The molecule has 0 heterocycles. The van der Waals surface area contributed by atoms with Crippen LogP contribution in [0.3, 0.4) is 0 Å². The van der Waals surface area contributed by atoms with Gasteiger partial charge in [0.15, 0.2) is 0 Å². The van der Waals surface area contributed by atoms with E-state index < -0.39 is 0 Å². The van der Waals surface area contributed by atoms with E-state index in [1.165, 1.54) is 0 Å². The number of carbonyl (C=O) groups is 1. The van der Waals surface area contributed by atoms with E-state index in [1.807, 2.05) is 25.1 Å². The molecule has 0 bridgehead atoms. The highest BCUT2D eigenvalue weighted by molar-refractivity contribution is 9.10. The normalized spacial score (nSPS) is 10.2. The van der Waals surface area contributed by atoms with Crippen molar-refractivity contribution in [2.45, 2.75) is 6.92 Å². The Hall–Kier alpha value is -1.72. The van der Waals surface area contributed by atoms with Gasteiger partial charge in [-0.1, -0.05) is 17.7 Å². The van der Waals surface area contributed by atoms with Crippen molar-refractivity contribution in [1.82, 2.24) is 0 Å². The summed E-state index contributed by atoms with van der Waals surface area (Å²) in [5.74, 6) is 0.455. The Morgan fingerprint density at radius 3 is 2.68 bits per heavy atom. The topological polar surface area (TPSA) is 50.4 Å². The minimum atomic E-state index is -0.142. The molecule has 116 valence electrons. The molecule has 0 saturated heterocycles. The first-order valence-corrected chi connectivity index (χ1v) is 7.80. The van der Waals surface area contributed by atoms with Crippen molar-refractivity contribution in [3.63, 3.8) is 0 Å². The minimum Gasteiger partial charge on any atom is -0.495 e. The molecule has 2 aromatic rings. The van der Waals surface area contributed by atoms with Gasteiger partial charge in [0.1, 0.15) is 5.75 Å². The van der Waals surface area contributed by atoms with Crippen LogP contribution in [0.2, 0.25) is 5.02 Å². The zero-order chi connectivity index (χ0) is 16.1. The van der Waals surface area contributed by atoms with Gasteiger partial charge >= 0.3 is 0 Å². The number of benzene rings is 2. The van der Waals surface area contributed by atoms with Gasteiger partial charge in [-0.2, -0.15) is 0 Å². The Morgan fingerprint density at radius 2 is 2.05 bits per heavy atom. The van der Waals surface area contributed by atoms with Gasteiger partial charge in [0, 0.05) is 10.2 Å². The predicted octanol–water partition coefficient (Wildman–Crippen LogP) is 4.47. The van der Waals surface area contributed by atoms with Crippen LogP contribution in [0.25, 0.3) is 0 Å². The second-order valence-electron chi connectivity index (χ2n) is 4.73. The Kier molecular flexibility index (Phi) is 5.69. The standard InChI is InChI=1S/C16H16BrClN2O2/c1-10-3-5-14(12(17)7-10)20-16(21)9-19-11-4-6-15(22-2)13(18)8-11/h3-8,19H,9H2,1-2H3,(H,20,21). The third-order valence-corrected chi connectivity index (χ3v) is 3.95. The summed E-state index contributed by atoms with van der Waals surface area (Å²) in [6.45, 7) is 2.13. The molecule has 0 aromatic heterocycles. The van der Waals surface area contributed by atoms with Gasteiger partial charge in [-0.3, -0.25) is 4.79 Å². The van der Waals surface area contributed by atoms with Crippen molar-refractivity contribution in [1.29, 1.82) is 0 Å². The highest BCUT2D eigenvalue weighted by Gasteiger charge is 2.07. The maximum atomic E-state index is 12.0. The summed E-state index contributed by atoms with van der Waals surface area (Å²) in [6.07, 6.45) is 0. The van der Waals surface area contributed by atoms with Gasteiger partial charge in [-0.15, -0.1) is 0 Å². The maximum Gasteiger partial charge on any atom is 0.243 e. The molecule has 0 unspecified atom stereocenters. The molecule has 0 aliphatic heterocycles. The number of aryl methyl sites for hydroxylation is 1. The molecular formula is C16H16BrClN2O2. The number of hydrogen-bond donors (Lipinski definition) is 2. The molecule has 0 fully saturated rings. The zero-order valence-electron chi connectivity index (χ0n) is 12.2. The molecule has 1 amide bonds. The van der Waals surface area contributed by atoms with E-state index in [2.05, 4.69) is 26.6 Å². The van der Waals surface area contributed by atoms with Crippen LogP contribution in [-0.2, 0) is 4.79 Å². The molecule has 0 spiro atoms. The summed E-state index contributed by atoms with van der Waals surface area (Å²) in [7, 11) is 1.56. The number of methoxy groups -OCH3 is 1. The fourth-order valence-corrected chi connectivity index (χ4v) is 2.72. The number of rotatable bonds is 5. The molecular weight excluding hydrogens is 368 g/mol. The maximum absolute atomic E-state index is 12.0. The summed E-state index contributed by atoms with van der Waals surface area (Å²) < 4.78 is 5.94. The van der Waals surface area contributed by atoms with Crippen LogP contribution in [0.1, 0.15) is 5.56 Å². The van der Waals surface area contributed by atoms with Crippen molar-refractivity contribution < 1.29 is 9.53 Å². The number of halogens is 2. The van der Waals surface area contributed by atoms with Crippen molar-refractivity contribution in [3.05, 3.63) is 51.5 Å². The van der Waals surface area contributed by atoms with Crippen LogP contribution in [-0.4, -0.2) is 19.6 Å². The number of ether oxygens (including phenoxy) is 1. The molecule has 4 nitrogen and oxygen atoms in total. The molecule has 6 heteroatoms. The molecule has 0 atom stereocenters. The van der Waals surface area contributed by atoms with Crippen LogP contribution in [0.5, 0.6) is 5.75 Å². The van der Waals surface area contributed by atoms with Gasteiger partial charge < -0.3 is 15.4 Å². The summed E-state index contributed by atoms with van der Waals surface area (Å²) in [4.78, 5) is 12.0. The third kappa shape index (κ3) is 4.39. The van der Waals surface area contributed by atoms with Crippen LogP contribution in [0.4, 0.5) is 11.4 Å². The van der Waals surface area contributed by atoms with Crippen LogP contribution >= 0.6 is 27.5 Å². The summed E-state index contributed by atoms with van der Waals surface area (Å²) in [5.41, 5.74) is 2.62. The average Bonchev–Trinajstić information content (AvgIpc) is 2.48. The lowest BCUT2D eigenvalue weighted by molar-refractivity contribution is -0.114. The van der Waals surface area contributed by atoms with E-state index in [1.54, 1.807) is 25.3 Å². The molecule has 2 aromatic carbocycles. The lowest BCUT2D eigenvalue weighted by Crippen LogP contribution is -2.21. The van der Waals surface area contributed by atoms with Gasteiger partial charge in [0.05, 0.1) is 24.4 Å². The number of hydrogen-bond acceptors (Lipinski definition) is 3. The summed E-state index contributed by atoms with van der Waals surface area (Å²) >= 11 is 9.47. The minimum absolute atomic E-state index is 0.142. The quantitative estimate of drug-likeness (QED) is 0.801. The van der Waals surface area contributed by atoms with Crippen LogP contribution < -0.4 is 15.4 Å². The van der Waals surface area contributed by atoms with Crippen LogP contribution in [0, 0.1) is 6.92 Å². The Morgan fingerprint density at radius 1 is 1.27 bits per heavy atom. The monoisotopic (exact) mass is 382 g/mol. The van der Waals surface area contributed by atoms with Crippen molar-refractivity contribution in [3.8, 4) is 5.75 Å². The third-order valence-electron chi connectivity index (χ3n) is 3.00. The van der Waals surface area contributed by atoms with E-state index >= 15 is 0 Å². The van der Waals surface area contributed by atoms with Gasteiger partial charge in [-0.25, -0.2) is 0 Å². The van der Waals surface area contributed by atoms with Crippen molar-refractivity contribution in [2.24, 2.45) is 0 Å². The average molecular weight is 384 g/mol. The first kappa shape index (κ1) is 16.6. The Bertz CT molecular complexity index is 692. The highest BCUT2D eigenvalue weighted by atomic mass is 79.9. The van der Waals surface area contributed by atoms with E-state index in [4.69, 9.17) is 16.3 Å². The second-order valence-corrected chi connectivity index (χ2v) is 6.00. The van der Waals surface area contributed by atoms with E-state index in [-0.39, 0.29) is 12.5 Å². The number of amides is 1. The SMILES string of the molecule is COc1ccc(NCC(=O)Nc2ccc(C)cc2Br)cc1Cl. The van der Waals surface area contributed by atoms with Gasteiger partial charge in [0.25, 0.3) is 0 Å². The molecule has 2 rings (SSSR count). The second kappa shape index (κ2) is 7.51. The molecule has 2 N–H and O–H groups in total. The van der Waals surface area contributed by atoms with Crippen LogP contribution in [0.15, 0.2) is 40.9 Å². The fraction of sp³-hybridized carbons (Fsp3) is 0.188. The van der Waals surface area contributed by atoms with Gasteiger partial charge in [0.2, 0.25) is 5.91 Å². The largest absolute Gasteiger partial charge is 0.495 e. The number of anilines is 2. The molecule has 0 saturated carbocycles. The Balaban J connectivity index is 1.94. The van der Waals surface area contributed by atoms with Gasteiger partial charge in [-0.05, 0) is 58.7 Å². The zero-order valence-corrected chi connectivity index (χ0v) is 14.6. The highest BCUT2D eigenvalue weighted by Crippen LogP contribution is 2.27. The summed E-state index contributed by atoms with van der Waals surface area (Å²) in [6, 6.07) is 11.0. The molecule has 0 aliphatic carbocycles.